The van der Waals surface area contributed by atoms with Gasteiger partial charge in [0.1, 0.15) is 0 Å². The Morgan fingerprint density at radius 1 is 1.12 bits per heavy atom. The fourth-order valence-corrected chi connectivity index (χ4v) is 2.63. The number of benzene rings is 1. The molecule has 0 radical (unpaired) electrons. The second-order valence-corrected chi connectivity index (χ2v) is 5.11. The number of allylic oxidation sites excluding steroid dienone is 2. The molecule has 0 saturated heterocycles. The molecule has 0 amide bonds. The van der Waals surface area contributed by atoms with Gasteiger partial charge in [-0.3, -0.25) is 4.99 Å². The highest BCUT2D eigenvalue weighted by Gasteiger charge is 2.14. The molecule has 1 heterocycles. The highest BCUT2D eigenvalue weighted by molar-refractivity contribution is 5.96. The minimum atomic E-state index is 1.01. The Balaban J connectivity index is 1.92. The molecule has 1 nitrogen and oxygen atoms in total. The molecule has 3 rings (SSSR count). The van der Waals surface area contributed by atoms with Crippen LogP contribution in [-0.4, -0.2) is 5.71 Å². The van der Waals surface area contributed by atoms with Crippen LogP contribution in [0.1, 0.15) is 36.5 Å². The molecule has 17 heavy (non-hydrogen) atoms. The van der Waals surface area contributed by atoms with Crippen LogP contribution in [0.25, 0.3) is 5.57 Å². The van der Waals surface area contributed by atoms with Crippen molar-refractivity contribution in [3.05, 3.63) is 53.2 Å². The first kappa shape index (κ1) is 10.5. The first-order valence-corrected chi connectivity index (χ1v) is 6.23. The molecular weight excluding hydrogens is 206 g/mol. The van der Waals surface area contributed by atoms with E-state index >= 15 is 0 Å². The van der Waals surface area contributed by atoms with Crippen molar-refractivity contribution >= 4 is 11.3 Å². The van der Waals surface area contributed by atoms with E-state index in [0.29, 0.717) is 0 Å². The predicted octanol–water partition coefficient (Wildman–Crippen LogP) is 3.94. The summed E-state index contributed by atoms with van der Waals surface area (Å²) in [5, 5.41) is 0. The number of fused-ring (bicyclic) bond motifs is 1. The molecule has 86 valence electrons. The fourth-order valence-electron chi connectivity index (χ4n) is 2.63. The Hall–Kier alpha value is -1.63. The minimum Gasteiger partial charge on any atom is -0.265 e. The quantitative estimate of drug-likeness (QED) is 0.639. The molecule has 0 fully saturated rings. The Bertz CT molecular complexity index is 547. The summed E-state index contributed by atoms with van der Waals surface area (Å²) in [7, 11) is 0. The summed E-state index contributed by atoms with van der Waals surface area (Å²) >= 11 is 0. The van der Waals surface area contributed by atoms with Gasteiger partial charge in [-0.25, -0.2) is 0 Å². The maximum atomic E-state index is 4.36. The lowest BCUT2D eigenvalue weighted by Gasteiger charge is -2.18. The van der Waals surface area contributed by atoms with Gasteiger partial charge in [0.15, 0.2) is 0 Å². The summed E-state index contributed by atoms with van der Waals surface area (Å²) in [5.41, 5.74) is 8.24. The van der Waals surface area contributed by atoms with Crippen molar-refractivity contribution in [3.8, 4) is 0 Å². The van der Waals surface area contributed by atoms with Gasteiger partial charge in [0.05, 0.1) is 0 Å². The van der Waals surface area contributed by atoms with Gasteiger partial charge in [-0.15, -0.1) is 0 Å². The maximum Gasteiger partial charge on any atom is 0.0309 e. The number of aryl methyl sites for hydroxylation is 1. The minimum absolute atomic E-state index is 1.01. The van der Waals surface area contributed by atoms with Crippen LogP contribution in [0.4, 0.5) is 0 Å². The summed E-state index contributed by atoms with van der Waals surface area (Å²) in [4.78, 5) is 4.36. The zero-order chi connectivity index (χ0) is 11.8. The molecule has 1 aliphatic heterocycles. The van der Waals surface area contributed by atoms with Crippen LogP contribution in [0.2, 0.25) is 0 Å². The first-order chi connectivity index (χ1) is 8.22. The molecule has 0 unspecified atom stereocenters. The van der Waals surface area contributed by atoms with Crippen LogP contribution in [-0.2, 0) is 12.8 Å². The average Bonchev–Trinajstić information content (AvgIpc) is 2.75. The fraction of sp³-hybridized carbons (Fsp3) is 0.312. The Labute approximate surface area is 103 Å². The van der Waals surface area contributed by atoms with Crippen LogP contribution in [0, 0.1) is 0 Å². The van der Waals surface area contributed by atoms with E-state index < -0.39 is 0 Å². The van der Waals surface area contributed by atoms with Crippen molar-refractivity contribution < 1.29 is 0 Å². The van der Waals surface area contributed by atoms with E-state index in [1.807, 2.05) is 6.20 Å². The molecular formula is C16H17N. The molecule has 0 N–H and O–H groups in total. The van der Waals surface area contributed by atoms with E-state index in [4.69, 9.17) is 0 Å². The summed E-state index contributed by atoms with van der Waals surface area (Å²) < 4.78 is 0. The topological polar surface area (TPSA) is 12.4 Å². The SMILES string of the molecule is C=C1CCc2cc(C3=CN=C(C)C3)ccc2C1. The van der Waals surface area contributed by atoms with Gasteiger partial charge < -0.3 is 0 Å². The third-order valence-electron chi connectivity index (χ3n) is 3.65. The standard InChI is InChI=1S/C16H17N/c1-11-3-4-14-9-15(6-5-13(14)7-11)16-8-12(2)17-10-16/h5-6,9-10H,1,3-4,7-8H2,2H3. The largest absolute Gasteiger partial charge is 0.265 e. The monoisotopic (exact) mass is 223 g/mol. The Morgan fingerprint density at radius 2 is 2.00 bits per heavy atom. The van der Waals surface area contributed by atoms with Gasteiger partial charge in [-0.2, -0.15) is 0 Å². The molecule has 0 spiro atoms. The lowest BCUT2D eigenvalue weighted by molar-refractivity contribution is 0.840. The number of hydrogen-bond donors (Lipinski definition) is 0. The third kappa shape index (κ3) is 1.97. The Kier molecular flexibility index (Phi) is 2.47. The van der Waals surface area contributed by atoms with Gasteiger partial charge in [-0.05, 0) is 48.4 Å². The molecule has 1 heteroatoms. The second-order valence-electron chi connectivity index (χ2n) is 5.11. The number of aliphatic imine (C=N–C) groups is 1. The van der Waals surface area contributed by atoms with Crippen molar-refractivity contribution in [1.82, 2.24) is 0 Å². The molecule has 0 saturated carbocycles. The third-order valence-corrected chi connectivity index (χ3v) is 3.65. The molecule has 0 aromatic heterocycles. The summed E-state index contributed by atoms with van der Waals surface area (Å²) in [6, 6.07) is 6.85. The van der Waals surface area contributed by atoms with E-state index in [0.717, 1.165) is 25.7 Å². The van der Waals surface area contributed by atoms with E-state index in [-0.39, 0.29) is 0 Å². The van der Waals surface area contributed by atoms with E-state index in [2.05, 4.69) is 36.7 Å². The summed E-state index contributed by atoms with van der Waals surface area (Å²) in [5.74, 6) is 0. The molecule has 2 aliphatic rings. The molecule has 1 aliphatic carbocycles. The molecule has 1 aromatic rings. The molecule has 0 atom stereocenters. The van der Waals surface area contributed by atoms with Gasteiger partial charge in [0, 0.05) is 18.3 Å². The van der Waals surface area contributed by atoms with Gasteiger partial charge in [-0.1, -0.05) is 30.4 Å². The number of nitrogens with zero attached hydrogens (tertiary/aromatic N) is 1. The lowest BCUT2D eigenvalue weighted by Crippen LogP contribution is -2.05. The smallest absolute Gasteiger partial charge is 0.0309 e. The van der Waals surface area contributed by atoms with Crippen molar-refractivity contribution in [2.24, 2.45) is 4.99 Å². The first-order valence-electron chi connectivity index (χ1n) is 6.23. The highest BCUT2D eigenvalue weighted by Crippen LogP contribution is 2.29. The predicted molar refractivity (Wildman–Crippen MR) is 73.3 cm³/mol. The second kappa shape index (κ2) is 3.99. The van der Waals surface area contributed by atoms with Crippen molar-refractivity contribution in [3.63, 3.8) is 0 Å². The average molecular weight is 223 g/mol. The van der Waals surface area contributed by atoms with Crippen molar-refractivity contribution in [2.75, 3.05) is 0 Å². The van der Waals surface area contributed by atoms with Crippen molar-refractivity contribution in [2.45, 2.75) is 32.6 Å². The highest BCUT2D eigenvalue weighted by atomic mass is 14.7. The maximum absolute atomic E-state index is 4.36. The van der Waals surface area contributed by atoms with Crippen LogP contribution in [0.15, 0.2) is 41.5 Å². The van der Waals surface area contributed by atoms with E-state index in [9.17, 15) is 0 Å². The summed E-state index contributed by atoms with van der Waals surface area (Å²) in [6.07, 6.45) is 6.37. The van der Waals surface area contributed by atoms with Gasteiger partial charge >= 0.3 is 0 Å². The number of rotatable bonds is 1. The lowest BCUT2D eigenvalue weighted by atomic mass is 9.86. The molecule has 0 bridgehead atoms. The zero-order valence-electron chi connectivity index (χ0n) is 10.3. The van der Waals surface area contributed by atoms with Crippen LogP contribution >= 0.6 is 0 Å². The van der Waals surface area contributed by atoms with Crippen LogP contribution in [0.3, 0.4) is 0 Å². The van der Waals surface area contributed by atoms with Crippen molar-refractivity contribution in [1.29, 1.82) is 0 Å². The zero-order valence-corrected chi connectivity index (χ0v) is 10.3. The number of hydrogen-bond acceptors (Lipinski definition) is 1. The van der Waals surface area contributed by atoms with E-state index in [1.54, 1.807) is 0 Å². The van der Waals surface area contributed by atoms with E-state index in [1.165, 1.54) is 33.5 Å². The summed E-state index contributed by atoms with van der Waals surface area (Å²) in [6.45, 7) is 6.18. The van der Waals surface area contributed by atoms with Crippen LogP contribution < -0.4 is 0 Å². The van der Waals surface area contributed by atoms with Gasteiger partial charge in [0.2, 0.25) is 0 Å². The molecule has 1 aromatic carbocycles. The normalized spacial score (nSPS) is 18.8. The Morgan fingerprint density at radius 3 is 2.76 bits per heavy atom. The van der Waals surface area contributed by atoms with Crippen LogP contribution in [0.5, 0.6) is 0 Å². The van der Waals surface area contributed by atoms with Gasteiger partial charge in [0.25, 0.3) is 0 Å².